The van der Waals surface area contributed by atoms with E-state index < -0.39 is 0 Å². The van der Waals surface area contributed by atoms with Gasteiger partial charge >= 0.3 is 0 Å². The van der Waals surface area contributed by atoms with Crippen molar-refractivity contribution in [2.75, 3.05) is 59.5 Å². The van der Waals surface area contributed by atoms with Crippen molar-refractivity contribution in [1.82, 2.24) is 14.7 Å². The van der Waals surface area contributed by atoms with Gasteiger partial charge in [0.15, 0.2) is 0 Å². The number of carbonyl (C=O) groups excluding carboxylic acids is 1. The molecule has 3 fully saturated rings. The van der Waals surface area contributed by atoms with Crippen molar-refractivity contribution < 1.29 is 9.53 Å². The average molecular weight is 323 g/mol. The smallest absolute Gasteiger partial charge is 0.225 e. The van der Waals surface area contributed by atoms with E-state index in [9.17, 15) is 4.79 Å². The Hall–Kier alpha value is -0.650. The first-order chi connectivity index (χ1) is 11.1. The summed E-state index contributed by atoms with van der Waals surface area (Å²) in [7, 11) is 2.22. The molecule has 5 nitrogen and oxygen atoms in total. The first-order valence-corrected chi connectivity index (χ1v) is 9.44. The molecule has 0 aliphatic carbocycles. The highest BCUT2D eigenvalue weighted by atomic mass is 16.5. The van der Waals surface area contributed by atoms with Crippen molar-refractivity contribution in [3.63, 3.8) is 0 Å². The monoisotopic (exact) mass is 323 g/mol. The number of likely N-dealkylation sites (N-methyl/N-ethyl adjacent to an activating group) is 1. The van der Waals surface area contributed by atoms with Crippen LogP contribution < -0.4 is 0 Å². The maximum Gasteiger partial charge on any atom is 0.225 e. The van der Waals surface area contributed by atoms with Gasteiger partial charge in [-0.25, -0.2) is 0 Å². The van der Waals surface area contributed by atoms with Crippen LogP contribution in [0.3, 0.4) is 0 Å². The molecule has 3 saturated heterocycles. The zero-order chi connectivity index (χ0) is 16.2. The molecule has 0 aromatic carbocycles. The Bertz CT molecular complexity index is 390. The van der Waals surface area contributed by atoms with Crippen LogP contribution in [0.25, 0.3) is 0 Å². The van der Waals surface area contributed by atoms with Crippen molar-refractivity contribution in [3.8, 4) is 0 Å². The molecular weight excluding hydrogens is 290 g/mol. The first-order valence-electron chi connectivity index (χ1n) is 9.44. The van der Waals surface area contributed by atoms with Crippen LogP contribution in [-0.4, -0.2) is 86.2 Å². The normalized spacial score (nSPS) is 30.3. The van der Waals surface area contributed by atoms with Gasteiger partial charge < -0.3 is 14.5 Å². The summed E-state index contributed by atoms with van der Waals surface area (Å²) in [4.78, 5) is 20.0. The third kappa shape index (κ3) is 4.25. The number of piperazine rings is 1. The van der Waals surface area contributed by atoms with Crippen LogP contribution in [0.15, 0.2) is 0 Å². The predicted octanol–water partition coefficient (Wildman–Crippen LogP) is 1.29. The third-order valence-electron chi connectivity index (χ3n) is 6.10. The predicted molar refractivity (Wildman–Crippen MR) is 91.4 cm³/mol. The van der Waals surface area contributed by atoms with Crippen LogP contribution in [0.1, 0.15) is 32.6 Å². The Morgan fingerprint density at radius 1 is 1.04 bits per heavy atom. The molecule has 0 aromatic rings. The molecule has 0 N–H and O–H groups in total. The number of nitrogens with zero attached hydrogens (tertiary/aromatic N) is 3. The number of piperidine rings is 1. The highest BCUT2D eigenvalue weighted by Crippen LogP contribution is 2.26. The summed E-state index contributed by atoms with van der Waals surface area (Å²) in [5.41, 5.74) is 0. The highest BCUT2D eigenvalue weighted by molar-refractivity contribution is 5.79. The van der Waals surface area contributed by atoms with Crippen LogP contribution in [0.5, 0.6) is 0 Å². The van der Waals surface area contributed by atoms with E-state index in [1.54, 1.807) is 0 Å². The van der Waals surface area contributed by atoms with Crippen molar-refractivity contribution in [1.29, 1.82) is 0 Å². The van der Waals surface area contributed by atoms with E-state index in [2.05, 4.69) is 28.7 Å². The zero-order valence-corrected chi connectivity index (χ0v) is 14.9. The van der Waals surface area contributed by atoms with Crippen molar-refractivity contribution >= 4 is 5.91 Å². The third-order valence-corrected chi connectivity index (χ3v) is 6.10. The number of amides is 1. The summed E-state index contributed by atoms with van der Waals surface area (Å²) in [6.07, 6.45) is 4.71. The van der Waals surface area contributed by atoms with Gasteiger partial charge in [0.1, 0.15) is 0 Å². The molecule has 0 spiro atoms. The molecule has 5 heteroatoms. The van der Waals surface area contributed by atoms with Crippen molar-refractivity contribution in [3.05, 3.63) is 0 Å². The Kier molecular flexibility index (Phi) is 5.94. The molecule has 23 heavy (non-hydrogen) atoms. The van der Waals surface area contributed by atoms with Crippen LogP contribution in [0.2, 0.25) is 0 Å². The topological polar surface area (TPSA) is 36.0 Å². The fourth-order valence-electron chi connectivity index (χ4n) is 4.45. The summed E-state index contributed by atoms with van der Waals surface area (Å²) in [6, 6.07) is 0.693. The zero-order valence-electron chi connectivity index (χ0n) is 14.9. The maximum absolute atomic E-state index is 12.8. The van der Waals surface area contributed by atoms with Gasteiger partial charge in [-0.2, -0.15) is 0 Å². The van der Waals surface area contributed by atoms with E-state index >= 15 is 0 Å². The Labute approximate surface area is 140 Å². The van der Waals surface area contributed by atoms with E-state index in [1.165, 1.54) is 25.9 Å². The second-order valence-electron chi connectivity index (χ2n) is 7.66. The molecular formula is C18H33N3O2. The molecule has 0 unspecified atom stereocenters. The minimum atomic E-state index is 0.159. The molecule has 132 valence electrons. The highest BCUT2D eigenvalue weighted by Gasteiger charge is 2.32. The van der Waals surface area contributed by atoms with Gasteiger partial charge in [0, 0.05) is 57.9 Å². The van der Waals surface area contributed by atoms with E-state index in [-0.39, 0.29) is 5.92 Å². The minimum Gasteiger partial charge on any atom is -0.381 e. The molecule has 1 amide bonds. The molecule has 0 aromatic heterocycles. The number of rotatable bonds is 3. The van der Waals surface area contributed by atoms with Crippen molar-refractivity contribution in [2.24, 2.45) is 11.8 Å². The lowest BCUT2D eigenvalue weighted by molar-refractivity contribution is -0.140. The number of hydrogen-bond acceptors (Lipinski definition) is 4. The van der Waals surface area contributed by atoms with Crippen molar-refractivity contribution in [2.45, 2.75) is 38.6 Å². The lowest BCUT2D eigenvalue weighted by atomic mass is 9.86. The first kappa shape index (κ1) is 17.2. The van der Waals surface area contributed by atoms with Crippen LogP contribution >= 0.6 is 0 Å². The molecule has 0 bridgehead atoms. The van der Waals surface area contributed by atoms with Crippen LogP contribution in [0.4, 0.5) is 0 Å². The van der Waals surface area contributed by atoms with E-state index in [0.29, 0.717) is 17.9 Å². The largest absolute Gasteiger partial charge is 0.381 e. The van der Waals surface area contributed by atoms with Gasteiger partial charge in [0.2, 0.25) is 5.91 Å². The molecule has 0 saturated carbocycles. The standard InChI is InChI=1S/C18H33N3O2/c1-15(16-5-12-23-13-6-16)18(22)21-10-8-20(9-11-21)17-4-3-7-19(2)14-17/h15-17H,3-14H2,1-2H3/t15-,17+/m0/s1. The number of carbonyl (C=O) groups is 1. The summed E-state index contributed by atoms with van der Waals surface area (Å²) in [5.74, 6) is 1.05. The SMILES string of the molecule is C[C@H](C(=O)N1CCN([C@@H]2CCCN(C)C2)CC1)C1CCOCC1. The van der Waals surface area contributed by atoms with E-state index in [0.717, 1.165) is 52.2 Å². The summed E-state index contributed by atoms with van der Waals surface area (Å²) >= 11 is 0. The molecule has 3 heterocycles. The lowest BCUT2D eigenvalue weighted by Crippen LogP contribution is -2.56. The molecule has 0 radical (unpaired) electrons. The Balaban J connectivity index is 1.47. The fourth-order valence-corrected chi connectivity index (χ4v) is 4.45. The Morgan fingerprint density at radius 3 is 2.39 bits per heavy atom. The van der Waals surface area contributed by atoms with E-state index in [4.69, 9.17) is 4.74 Å². The minimum absolute atomic E-state index is 0.159. The van der Waals surface area contributed by atoms with Crippen LogP contribution in [-0.2, 0) is 9.53 Å². The fraction of sp³-hybridized carbons (Fsp3) is 0.944. The average Bonchev–Trinajstić information content (AvgIpc) is 2.61. The van der Waals surface area contributed by atoms with Gasteiger partial charge in [0.25, 0.3) is 0 Å². The summed E-state index contributed by atoms with van der Waals surface area (Å²) in [6.45, 7) is 10.1. The Morgan fingerprint density at radius 2 is 1.74 bits per heavy atom. The second-order valence-corrected chi connectivity index (χ2v) is 7.66. The number of hydrogen-bond donors (Lipinski definition) is 0. The molecule has 3 aliphatic rings. The van der Waals surface area contributed by atoms with Gasteiger partial charge in [0.05, 0.1) is 0 Å². The maximum atomic E-state index is 12.8. The summed E-state index contributed by atoms with van der Waals surface area (Å²) < 4.78 is 5.43. The molecule has 3 rings (SSSR count). The van der Waals surface area contributed by atoms with E-state index in [1.807, 2.05) is 0 Å². The lowest BCUT2D eigenvalue weighted by Gasteiger charge is -2.43. The van der Waals surface area contributed by atoms with Crippen LogP contribution in [0, 0.1) is 11.8 Å². The van der Waals surface area contributed by atoms with Gasteiger partial charge in [-0.15, -0.1) is 0 Å². The van der Waals surface area contributed by atoms with Gasteiger partial charge in [-0.05, 0) is 45.2 Å². The molecule has 2 atom stereocenters. The van der Waals surface area contributed by atoms with Gasteiger partial charge in [-0.1, -0.05) is 6.92 Å². The second kappa shape index (κ2) is 7.95. The quantitative estimate of drug-likeness (QED) is 0.784. The number of ether oxygens (including phenoxy) is 1. The molecule has 3 aliphatic heterocycles. The van der Waals surface area contributed by atoms with Gasteiger partial charge in [-0.3, -0.25) is 9.69 Å². The summed E-state index contributed by atoms with van der Waals surface area (Å²) in [5, 5.41) is 0. The number of likely N-dealkylation sites (tertiary alicyclic amines) is 1.